The molecule has 2 aromatic rings. The van der Waals surface area contributed by atoms with Gasteiger partial charge in [0.2, 0.25) is 23.6 Å². The number of para-hydroxylation sites is 1. The van der Waals surface area contributed by atoms with Crippen molar-refractivity contribution < 1.29 is 34.2 Å². The molecule has 0 spiro atoms. The molecule has 5 unspecified atom stereocenters. The second-order valence-corrected chi connectivity index (χ2v) is 8.20. The van der Waals surface area contributed by atoms with Gasteiger partial charge in [0.05, 0.1) is 18.6 Å². The molecule has 35 heavy (non-hydrogen) atoms. The van der Waals surface area contributed by atoms with E-state index < -0.39 is 66.3 Å². The Bertz CT molecular complexity index is 1100. The molecule has 4 amide bonds. The van der Waals surface area contributed by atoms with E-state index in [1.54, 1.807) is 12.3 Å². The molecule has 0 bridgehead atoms. The number of primary amides is 1. The molecule has 2 rings (SSSR count). The number of rotatable bonds is 12. The molecule has 0 aliphatic rings. The van der Waals surface area contributed by atoms with E-state index in [-0.39, 0.29) is 6.42 Å². The Labute approximate surface area is 200 Å². The molecule has 0 aliphatic carbocycles. The summed E-state index contributed by atoms with van der Waals surface area (Å²) in [6.45, 7) is 2.47. The molecule has 0 saturated heterocycles. The van der Waals surface area contributed by atoms with Crippen molar-refractivity contribution in [2.75, 3.05) is 0 Å². The van der Waals surface area contributed by atoms with E-state index in [1.165, 1.54) is 13.8 Å². The predicted molar refractivity (Wildman–Crippen MR) is 125 cm³/mol. The number of benzene rings is 1. The van der Waals surface area contributed by atoms with E-state index in [9.17, 15) is 29.1 Å². The zero-order valence-electron chi connectivity index (χ0n) is 19.3. The molecule has 0 saturated carbocycles. The van der Waals surface area contributed by atoms with Crippen LogP contribution in [0.3, 0.4) is 0 Å². The molecule has 13 nitrogen and oxygen atoms in total. The number of aliphatic hydroxyl groups is 1. The average Bonchev–Trinajstić information content (AvgIpc) is 3.18. The molecule has 0 aliphatic heterocycles. The molecular formula is C22H30N6O7. The van der Waals surface area contributed by atoms with Crippen LogP contribution in [0.5, 0.6) is 0 Å². The third-order valence-corrected chi connectivity index (χ3v) is 5.28. The van der Waals surface area contributed by atoms with Crippen molar-refractivity contribution in [3.8, 4) is 0 Å². The van der Waals surface area contributed by atoms with E-state index in [4.69, 9.17) is 16.6 Å². The number of aromatic amines is 1. The Morgan fingerprint density at radius 2 is 1.66 bits per heavy atom. The van der Waals surface area contributed by atoms with Crippen molar-refractivity contribution in [3.63, 3.8) is 0 Å². The standard InChI is InChI=1S/C22H30N6O7/c1-10(22(34)35)26-21(33)18(11(2)29)28-20(32)16(27-19(31)14(23)8-17(24)30)7-12-9-25-15-6-4-3-5-13(12)15/h3-6,9-11,14,16,18,25,29H,7-8,23H2,1-2H3,(H2,24,30)(H,26,33)(H,27,31)(H,28,32)(H,34,35). The van der Waals surface area contributed by atoms with Crippen LogP contribution in [0.25, 0.3) is 10.9 Å². The van der Waals surface area contributed by atoms with Gasteiger partial charge in [-0.15, -0.1) is 0 Å². The molecule has 1 aromatic heterocycles. The minimum absolute atomic E-state index is 0.0233. The molecule has 190 valence electrons. The summed E-state index contributed by atoms with van der Waals surface area (Å²) in [6.07, 6.45) is -0.196. The number of carboxylic acids is 1. The summed E-state index contributed by atoms with van der Waals surface area (Å²) in [6, 6.07) is 1.92. The third-order valence-electron chi connectivity index (χ3n) is 5.28. The van der Waals surface area contributed by atoms with E-state index in [0.29, 0.717) is 5.56 Å². The Hall–Kier alpha value is -3.97. The number of carbonyl (C=O) groups excluding carboxylic acids is 4. The monoisotopic (exact) mass is 490 g/mol. The summed E-state index contributed by atoms with van der Waals surface area (Å²) in [7, 11) is 0. The first-order chi connectivity index (χ1) is 16.4. The van der Waals surface area contributed by atoms with Crippen LogP contribution in [0, 0.1) is 0 Å². The zero-order valence-corrected chi connectivity index (χ0v) is 19.3. The normalized spacial score (nSPS) is 15.3. The Morgan fingerprint density at radius 3 is 2.26 bits per heavy atom. The van der Waals surface area contributed by atoms with Crippen LogP contribution < -0.4 is 27.4 Å². The number of carbonyl (C=O) groups is 5. The number of nitrogens with two attached hydrogens (primary N) is 2. The molecule has 10 N–H and O–H groups in total. The first-order valence-electron chi connectivity index (χ1n) is 10.8. The molecule has 1 heterocycles. The fourth-order valence-corrected chi connectivity index (χ4v) is 3.34. The second-order valence-electron chi connectivity index (χ2n) is 8.20. The van der Waals surface area contributed by atoms with Gasteiger partial charge in [0.15, 0.2) is 0 Å². The smallest absolute Gasteiger partial charge is 0.325 e. The zero-order chi connectivity index (χ0) is 26.3. The SMILES string of the molecule is CC(NC(=O)C(NC(=O)C(Cc1c[nH]c2ccccc12)NC(=O)C(N)CC(N)=O)C(C)O)C(=O)O. The van der Waals surface area contributed by atoms with Crippen molar-refractivity contribution in [3.05, 3.63) is 36.0 Å². The summed E-state index contributed by atoms with van der Waals surface area (Å²) in [5, 5.41) is 26.8. The number of nitrogens with one attached hydrogen (secondary N) is 4. The average molecular weight is 491 g/mol. The highest BCUT2D eigenvalue weighted by atomic mass is 16.4. The van der Waals surface area contributed by atoms with Gasteiger partial charge in [-0.2, -0.15) is 0 Å². The van der Waals surface area contributed by atoms with Gasteiger partial charge in [-0.25, -0.2) is 0 Å². The van der Waals surface area contributed by atoms with Gasteiger partial charge in [-0.3, -0.25) is 24.0 Å². The number of H-pyrrole nitrogens is 1. The van der Waals surface area contributed by atoms with Crippen LogP contribution >= 0.6 is 0 Å². The third kappa shape index (κ3) is 7.52. The Balaban J connectivity index is 2.28. The first-order valence-corrected chi connectivity index (χ1v) is 10.8. The van der Waals surface area contributed by atoms with E-state index >= 15 is 0 Å². The first kappa shape index (κ1) is 27.3. The number of carboxylic acid groups (broad SMARTS) is 1. The summed E-state index contributed by atoms with van der Waals surface area (Å²) >= 11 is 0. The number of aliphatic carboxylic acids is 1. The fraction of sp³-hybridized carbons (Fsp3) is 0.409. The highest BCUT2D eigenvalue weighted by Crippen LogP contribution is 2.19. The Kier molecular flexibility index (Phi) is 9.31. The predicted octanol–water partition coefficient (Wildman–Crippen LogP) is -2.15. The van der Waals surface area contributed by atoms with Crippen molar-refractivity contribution >= 4 is 40.5 Å². The van der Waals surface area contributed by atoms with Gasteiger partial charge in [-0.05, 0) is 25.5 Å². The maximum atomic E-state index is 13.1. The second kappa shape index (κ2) is 11.9. The van der Waals surface area contributed by atoms with Crippen LogP contribution in [0.4, 0.5) is 0 Å². The van der Waals surface area contributed by atoms with Crippen molar-refractivity contribution in [1.29, 1.82) is 0 Å². The number of aromatic nitrogens is 1. The van der Waals surface area contributed by atoms with Crippen molar-refractivity contribution in [1.82, 2.24) is 20.9 Å². The molecule has 5 atom stereocenters. The maximum absolute atomic E-state index is 13.1. The molecular weight excluding hydrogens is 460 g/mol. The lowest BCUT2D eigenvalue weighted by Gasteiger charge is -2.26. The quantitative estimate of drug-likeness (QED) is 0.163. The highest BCUT2D eigenvalue weighted by molar-refractivity contribution is 5.95. The summed E-state index contributed by atoms with van der Waals surface area (Å²) in [5.74, 6) is -4.68. The van der Waals surface area contributed by atoms with Gasteiger partial charge in [0.1, 0.15) is 18.1 Å². The van der Waals surface area contributed by atoms with Crippen LogP contribution in [0.2, 0.25) is 0 Å². The lowest BCUT2D eigenvalue weighted by atomic mass is 10.0. The van der Waals surface area contributed by atoms with E-state index in [0.717, 1.165) is 10.9 Å². The minimum Gasteiger partial charge on any atom is -0.480 e. The van der Waals surface area contributed by atoms with Crippen LogP contribution in [-0.2, 0) is 30.4 Å². The Morgan fingerprint density at radius 1 is 1.00 bits per heavy atom. The van der Waals surface area contributed by atoms with Gasteiger partial charge >= 0.3 is 5.97 Å². The highest BCUT2D eigenvalue weighted by Gasteiger charge is 2.32. The summed E-state index contributed by atoms with van der Waals surface area (Å²) < 4.78 is 0. The molecule has 0 fully saturated rings. The molecule has 0 radical (unpaired) electrons. The molecule has 1 aromatic carbocycles. The largest absolute Gasteiger partial charge is 0.480 e. The topological polar surface area (TPSA) is 230 Å². The van der Waals surface area contributed by atoms with Crippen LogP contribution in [-0.4, -0.2) is 75.1 Å². The van der Waals surface area contributed by atoms with Gasteiger partial charge < -0.3 is 42.6 Å². The summed E-state index contributed by atoms with van der Waals surface area (Å²) in [5.41, 5.74) is 12.3. The number of aliphatic hydroxyl groups excluding tert-OH is 1. The maximum Gasteiger partial charge on any atom is 0.325 e. The number of fused-ring (bicyclic) bond motifs is 1. The van der Waals surface area contributed by atoms with Crippen molar-refractivity contribution in [2.45, 2.75) is 57.0 Å². The van der Waals surface area contributed by atoms with E-state index in [1.807, 2.05) is 18.2 Å². The van der Waals surface area contributed by atoms with Gasteiger partial charge in [-0.1, -0.05) is 18.2 Å². The summed E-state index contributed by atoms with van der Waals surface area (Å²) in [4.78, 5) is 63.4. The van der Waals surface area contributed by atoms with Gasteiger partial charge in [0, 0.05) is 23.5 Å². The number of amides is 4. The fourth-order valence-electron chi connectivity index (χ4n) is 3.34. The number of hydrogen-bond donors (Lipinski definition) is 8. The number of hydrogen-bond acceptors (Lipinski definition) is 7. The van der Waals surface area contributed by atoms with Crippen LogP contribution in [0.1, 0.15) is 25.8 Å². The molecule has 13 heteroatoms. The lowest BCUT2D eigenvalue weighted by molar-refractivity contribution is -0.142. The van der Waals surface area contributed by atoms with Gasteiger partial charge in [0.25, 0.3) is 0 Å². The minimum atomic E-state index is -1.51. The van der Waals surface area contributed by atoms with E-state index in [2.05, 4.69) is 20.9 Å². The lowest BCUT2D eigenvalue weighted by Crippen LogP contribution is -2.60. The van der Waals surface area contributed by atoms with Crippen LogP contribution in [0.15, 0.2) is 30.5 Å². The van der Waals surface area contributed by atoms with Crippen molar-refractivity contribution in [2.24, 2.45) is 11.5 Å².